The highest BCUT2D eigenvalue weighted by Crippen LogP contribution is 2.60. The maximum atomic E-state index is 14.3. The number of likely N-dealkylation sites (tertiary alicyclic amines) is 1. The molecule has 3 amide bonds. The molecule has 3 heterocycles. The minimum absolute atomic E-state index is 0.0937. The number of benzene rings is 2. The van der Waals surface area contributed by atoms with Gasteiger partial charge in [-0.1, -0.05) is 90.3 Å². The van der Waals surface area contributed by atoms with Gasteiger partial charge in [-0.3, -0.25) is 14.4 Å². The van der Waals surface area contributed by atoms with E-state index in [-0.39, 0.29) is 29.2 Å². The lowest BCUT2D eigenvalue weighted by molar-refractivity contribution is -0.145. The van der Waals surface area contributed by atoms with Gasteiger partial charge < -0.3 is 25.4 Å². The number of aliphatic hydroxyl groups excluding tert-OH is 1. The van der Waals surface area contributed by atoms with Gasteiger partial charge in [0.05, 0.1) is 41.3 Å². The van der Waals surface area contributed by atoms with Crippen molar-refractivity contribution >= 4 is 50.9 Å². The Morgan fingerprint density at radius 1 is 1.20 bits per heavy atom. The molecule has 0 saturated carbocycles. The highest BCUT2D eigenvalue weighted by molar-refractivity contribution is 9.09. The number of carbonyl (C=O) groups excluding carboxylic acids is 3. The second-order valence-electron chi connectivity index (χ2n) is 11.2. The van der Waals surface area contributed by atoms with Crippen molar-refractivity contribution in [3.05, 3.63) is 64.7 Å². The molecule has 0 aromatic heterocycles. The average molecular weight is 633 g/mol. The van der Waals surface area contributed by atoms with Crippen LogP contribution < -0.4 is 10.6 Å². The van der Waals surface area contributed by atoms with Gasteiger partial charge in [0.2, 0.25) is 17.7 Å². The summed E-state index contributed by atoms with van der Waals surface area (Å²) in [5.41, 5.74) is 0.948. The van der Waals surface area contributed by atoms with Gasteiger partial charge in [0.15, 0.2) is 0 Å². The summed E-state index contributed by atoms with van der Waals surface area (Å²) in [7, 11) is 0. The van der Waals surface area contributed by atoms with Crippen LogP contribution in [0.4, 0.5) is 5.69 Å². The number of fused-ring (bicyclic) bond motifs is 1. The van der Waals surface area contributed by atoms with Crippen molar-refractivity contribution in [2.75, 3.05) is 11.9 Å². The zero-order valence-electron chi connectivity index (χ0n) is 22.8. The molecule has 2 aromatic carbocycles. The highest BCUT2D eigenvalue weighted by Gasteiger charge is 2.77. The van der Waals surface area contributed by atoms with Crippen LogP contribution in [-0.2, 0) is 25.7 Å². The van der Waals surface area contributed by atoms with E-state index in [1.807, 2.05) is 57.2 Å². The first-order valence-corrected chi connectivity index (χ1v) is 15.1. The number of alkyl halides is 1. The van der Waals surface area contributed by atoms with E-state index in [1.54, 1.807) is 12.1 Å². The summed E-state index contributed by atoms with van der Waals surface area (Å²) in [5, 5.41) is 16.8. The van der Waals surface area contributed by atoms with Crippen molar-refractivity contribution in [3.8, 4) is 0 Å². The number of rotatable bonds is 9. The van der Waals surface area contributed by atoms with Crippen molar-refractivity contribution in [2.45, 2.75) is 68.8 Å². The van der Waals surface area contributed by atoms with Crippen LogP contribution in [0.15, 0.2) is 48.5 Å². The highest BCUT2D eigenvalue weighted by atomic mass is 79.9. The lowest BCUT2D eigenvalue weighted by Crippen LogP contribution is -2.57. The second-order valence-corrected chi connectivity index (χ2v) is 12.8. The topological polar surface area (TPSA) is 108 Å². The van der Waals surface area contributed by atoms with E-state index in [4.69, 9.17) is 16.3 Å². The van der Waals surface area contributed by atoms with Gasteiger partial charge in [0.25, 0.3) is 0 Å². The normalized spacial score (nSPS) is 30.2. The third-order valence-corrected chi connectivity index (χ3v) is 10.1. The number of ether oxygens (including phenoxy) is 1. The van der Waals surface area contributed by atoms with Crippen molar-refractivity contribution in [2.24, 2.45) is 17.8 Å². The predicted octanol–water partition coefficient (Wildman–Crippen LogP) is 4.06. The molecule has 5 rings (SSSR count). The van der Waals surface area contributed by atoms with Crippen LogP contribution in [-0.4, -0.2) is 63.0 Å². The number of hydrogen-bond acceptors (Lipinski definition) is 5. The third kappa shape index (κ3) is 4.74. The molecule has 40 heavy (non-hydrogen) atoms. The fourth-order valence-corrected chi connectivity index (χ4v) is 7.93. The van der Waals surface area contributed by atoms with Crippen molar-refractivity contribution in [1.29, 1.82) is 0 Å². The number of halogens is 2. The van der Waals surface area contributed by atoms with Crippen LogP contribution in [0, 0.1) is 24.7 Å². The molecule has 0 aliphatic carbocycles. The van der Waals surface area contributed by atoms with Crippen LogP contribution >= 0.6 is 27.5 Å². The zero-order valence-corrected chi connectivity index (χ0v) is 25.1. The Morgan fingerprint density at radius 3 is 2.58 bits per heavy atom. The summed E-state index contributed by atoms with van der Waals surface area (Å²) in [6.45, 7) is 5.77. The summed E-state index contributed by atoms with van der Waals surface area (Å²) in [6.07, 6.45) is 0.502. The van der Waals surface area contributed by atoms with Crippen LogP contribution in [0.25, 0.3) is 0 Å². The first-order chi connectivity index (χ1) is 19.1. The Balaban J connectivity index is 1.53. The molecular formula is C30H35BrClN3O5. The van der Waals surface area contributed by atoms with Gasteiger partial charge in [-0.25, -0.2) is 0 Å². The van der Waals surface area contributed by atoms with Crippen molar-refractivity contribution < 1.29 is 24.2 Å². The second kappa shape index (κ2) is 11.4. The van der Waals surface area contributed by atoms with E-state index in [0.717, 1.165) is 11.1 Å². The minimum Gasteiger partial charge on any atom is -0.394 e. The number of nitrogens with zero attached hydrogens (tertiary/aromatic N) is 1. The molecule has 1 spiro atoms. The fourth-order valence-electron chi connectivity index (χ4n) is 6.72. The van der Waals surface area contributed by atoms with Gasteiger partial charge in [-0.2, -0.15) is 0 Å². The van der Waals surface area contributed by atoms with Crippen LogP contribution in [0.1, 0.15) is 37.8 Å². The Kier molecular flexibility index (Phi) is 8.30. The summed E-state index contributed by atoms with van der Waals surface area (Å²) < 4.78 is 6.58. The molecule has 8 nitrogen and oxygen atoms in total. The van der Waals surface area contributed by atoms with Gasteiger partial charge in [0, 0.05) is 11.4 Å². The number of anilines is 1. The first-order valence-electron chi connectivity index (χ1n) is 13.8. The lowest BCUT2D eigenvalue weighted by Gasteiger charge is -2.39. The standard InChI is InChI=1S/C30H35BrClN3O5/c1-4-16(2)21(15-36)35-26(28(38)34-24-17(3)9-8-12-20(24)32)30-13-19(31)25(40-30)22(23(30)29(35)39)27(37)33-14-18-10-6-5-7-11-18/h5-12,16,19,21-23,25-26,36H,4,13-15H2,1-3H3,(H,33,37)(H,34,38)/t16-,19?,21-,22+,23-,25+,26?,30?/m0/s1. The summed E-state index contributed by atoms with van der Waals surface area (Å²) in [6, 6.07) is 13.2. The predicted molar refractivity (Wildman–Crippen MR) is 156 cm³/mol. The average Bonchev–Trinajstić information content (AvgIpc) is 3.54. The number of nitrogens with one attached hydrogen (secondary N) is 2. The van der Waals surface area contributed by atoms with E-state index in [0.29, 0.717) is 30.1 Å². The number of para-hydroxylation sites is 1. The van der Waals surface area contributed by atoms with Gasteiger partial charge in [-0.15, -0.1) is 0 Å². The maximum Gasteiger partial charge on any atom is 0.250 e. The molecule has 3 fully saturated rings. The molecular weight excluding hydrogens is 598 g/mol. The SMILES string of the molecule is CC[C@H](C)[C@H](CO)N1C(=O)[C@@H]2[C@@H](C(=O)NCc3ccccc3)[C@@H]3OC2(CC3Br)C1C(=O)Nc1c(C)cccc1Cl. The number of amides is 3. The number of aryl methyl sites for hydroxylation is 1. The minimum atomic E-state index is -1.23. The quantitative estimate of drug-likeness (QED) is 0.362. The fraction of sp³-hybridized carbons (Fsp3) is 0.500. The van der Waals surface area contributed by atoms with Crippen molar-refractivity contribution in [3.63, 3.8) is 0 Å². The Morgan fingerprint density at radius 2 is 1.93 bits per heavy atom. The molecule has 10 heteroatoms. The maximum absolute atomic E-state index is 14.3. The zero-order chi connectivity index (χ0) is 28.8. The van der Waals surface area contributed by atoms with E-state index >= 15 is 0 Å². The number of aliphatic hydroxyl groups is 1. The van der Waals surface area contributed by atoms with Crippen molar-refractivity contribution in [1.82, 2.24) is 10.2 Å². The van der Waals surface area contributed by atoms with E-state index < -0.39 is 41.5 Å². The molecule has 2 aromatic rings. The van der Waals surface area contributed by atoms with Crippen LogP contribution in [0.3, 0.4) is 0 Å². The van der Waals surface area contributed by atoms with E-state index in [1.165, 1.54) is 4.90 Å². The number of carbonyl (C=O) groups is 3. The molecule has 3 N–H and O–H groups in total. The Labute approximate surface area is 247 Å². The van der Waals surface area contributed by atoms with E-state index in [9.17, 15) is 19.5 Å². The largest absolute Gasteiger partial charge is 0.394 e. The summed E-state index contributed by atoms with van der Waals surface area (Å²) in [4.78, 5) is 43.5. The van der Waals surface area contributed by atoms with Crippen LogP contribution in [0.2, 0.25) is 5.02 Å². The lowest BCUT2D eigenvalue weighted by atomic mass is 9.70. The Hall–Kier alpha value is -2.46. The number of hydrogen-bond donors (Lipinski definition) is 3. The molecule has 0 radical (unpaired) electrons. The van der Waals surface area contributed by atoms with Gasteiger partial charge in [0.1, 0.15) is 11.6 Å². The summed E-state index contributed by atoms with van der Waals surface area (Å²) >= 11 is 10.1. The smallest absolute Gasteiger partial charge is 0.250 e. The van der Waals surface area contributed by atoms with E-state index in [2.05, 4.69) is 26.6 Å². The monoisotopic (exact) mass is 631 g/mol. The first kappa shape index (κ1) is 29.0. The van der Waals surface area contributed by atoms with Gasteiger partial charge >= 0.3 is 0 Å². The molecule has 3 aliphatic heterocycles. The van der Waals surface area contributed by atoms with Crippen LogP contribution in [0.5, 0.6) is 0 Å². The molecule has 2 bridgehead atoms. The third-order valence-electron chi connectivity index (χ3n) is 8.90. The Bertz CT molecular complexity index is 1280. The molecule has 3 saturated heterocycles. The molecule has 214 valence electrons. The molecule has 8 atom stereocenters. The van der Waals surface area contributed by atoms with Gasteiger partial charge in [-0.05, 0) is 36.5 Å². The molecule has 3 unspecified atom stereocenters. The molecule has 3 aliphatic rings. The summed E-state index contributed by atoms with van der Waals surface area (Å²) in [5.74, 6) is -2.80.